The molecule has 1 aromatic heterocycles. The van der Waals surface area contributed by atoms with Gasteiger partial charge in [0.25, 0.3) is 0 Å². The Morgan fingerprint density at radius 3 is 2.29 bits per heavy atom. The molecule has 0 spiro atoms. The highest BCUT2D eigenvalue weighted by atomic mass is 19.1. The zero-order chi connectivity index (χ0) is 24.1. The molecule has 0 saturated carbocycles. The minimum atomic E-state index is -0.206. The molecule has 3 aromatic rings. The highest BCUT2D eigenvalue weighted by Gasteiger charge is 2.31. The van der Waals surface area contributed by atoms with E-state index in [4.69, 9.17) is 9.47 Å². The molecule has 34 heavy (non-hydrogen) atoms. The molecule has 1 fully saturated rings. The first-order valence-corrected chi connectivity index (χ1v) is 11.7. The van der Waals surface area contributed by atoms with Gasteiger partial charge in [0.15, 0.2) is 17.3 Å². The van der Waals surface area contributed by atoms with Crippen LogP contribution in [0.25, 0.3) is 0 Å². The molecule has 1 atom stereocenters. The Labute approximate surface area is 200 Å². The molecule has 1 aliphatic heterocycles. The number of rotatable bonds is 9. The van der Waals surface area contributed by atoms with Gasteiger partial charge in [-0.2, -0.15) is 0 Å². The van der Waals surface area contributed by atoms with Crippen LogP contribution in [-0.4, -0.2) is 65.5 Å². The van der Waals surface area contributed by atoms with E-state index in [1.165, 1.54) is 12.1 Å². The number of hydrogen-bond donors (Lipinski definition) is 0. The van der Waals surface area contributed by atoms with Crippen LogP contribution in [0.15, 0.2) is 42.5 Å². The van der Waals surface area contributed by atoms with Crippen molar-refractivity contribution in [2.45, 2.75) is 32.9 Å². The van der Waals surface area contributed by atoms with Crippen molar-refractivity contribution in [1.82, 2.24) is 25.1 Å². The van der Waals surface area contributed by atoms with Crippen molar-refractivity contribution >= 4 is 5.69 Å². The second-order valence-electron chi connectivity index (χ2n) is 8.89. The van der Waals surface area contributed by atoms with E-state index in [-0.39, 0.29) is 11.9 Å². The first kappa shape index (κ1) is 23.9. The molecule has 0 radical (unpaired) electrons. The molecule has 0 unspecified atom stereocenters. The molecular weight excluding hydrogens is 435 g/mol. The van der Waals surface area contributed by atoms with Crippen LogP contribution in [0.3, 0.4) is 0 Å². The maximum atomic E-state index is 13.3. The van der Waals surface area contributed by atoms with Crippen LogP contribution in [-0.2, 0) is 13.0 Å². The van der Waals surface area contributed by atoms with Crippen molar-refractivity contribution in [2.75, 3.05) is 45.3 Å². The molecule has 182 valence electrons. The van der Waals surface area contributed by atoms with Crippen LogP contribution in [0.5, 0.6) is 11.5 Å². The number of piperazine rings is 1. The zero-order valence-electron chi connectivity index (χ0n) is 20.3. The van der Waals surface area contributed by atoms with E-state index in [1.807, 2.05) is 35.0 Å². The topological polar surface area (TPSA) is 68.5 Å². The lowest BCUT2D eigenvalue weighted by atomic mass is 10.0. The average molecular weight is 469 g/mol. The molecule has 9 heteroatoms. The number of methoxy groups -OCH3 is 2. The van der Waals surface area contributed by atoms with Crippen molar-refractivity contribution < 1.29 is 13.9 Å². The monoisotopic (exact) mass is 468 g/mol. The van der Waals surface area contributed by atoms with E-state index < -0.39 is 0 Å². The molecular formula is C25H33FN6O2. The maximum absolute atomic E-state index is 13.3. The fourth-order valence-electron chi connectivity index (χ4n) is 4.65. The molecule has 4 rings (SSSR count). The van der Waals surface area contributed by atoms with Crippen molar-refractivity contribution in [3.05, 3.63) is 59.7 Å². The third-order valence-corrected chi connectivity index (χ3v) is 6.42. The smallest absolute Gasteiger partial charge is 0.168 e. The molecule has 0 N–H and O–H groups in total. The predicted molar refractivity (Wildman–Crippen MR) is 129 cm³/mol. The van der Waals surface area contributed by atoms with Gasteiger partial charge < -0.3 is 14.4 Å². The van der Waals surface area contributed by atoms with Gasteiger partial charge in [0.2, 0.25) is 0 Å². The summed E-state index contributed by atoms with van der Waals surface area (Å²) < 4.78 is 26.0. The standard InChI is InChI=1S/C25H33FN6O2/c1-18(2)24(31-15-13-30(14-16-31)21-8-6-20(26)7-9-21)25-27-28-29-32(25)12-11-19-5-10-22(33-3)23(17-19)34-4/h5-10,17-18,24H,11-16H2,1-4H3/t24-/m0/s1. The lowest BCUT2D eigenvalue weighted by Crippen LogP contribution is -2.49. The van der Waals surface area contributed by atoms with Crippen molar-refractivity contribution in [3.63, 3.8) is 0 Å². The molecule has 0 bridgehead atoms. The lowest BCUT2D eigenvalue weighted by Gasteiger charge is -2.41. The second kappa shape index (κ2) is 10.8. The third-order valence-electron chi connectivity index (χ3n) is 6.42. The van der Waals surface area contributed by atoms with E-state index in [2.05, 4.69) is 39.2 Å². The van der Waals surface area contributed by atoms with Crippen LogP contribution < -0.4 is 14.4 Å². The Morgan fingerprint density at radius 1 is 0.941 bits per heavy atom. The van der Waals surface area contributed by atoms with Gasteiger partial charge in [0, 0.05) is 38.4 Å². The third kappa shape index (κ3) is 5.30. The number of aromatic nitrogens is 4. The fourth-order valence-corrected chi connectivity index (χ4v) is 4.65. The molecule has 1 saturated heterocycles. The first-order valence-electron chi connectivity index (χ1n) is 11.7. The zero-order valence-corrected chi connectivity index (χ0v) is 20.3. The van der Waals surface area contributed by atoms with Crippen LogP contribution in [0.1, 0.15) is 31.3 Å². The predicted octanol–water partition coefficient (Wildman–Crippen LogP) is 3.59. The molecule has 0 amide bonds. The number of hydrogen-bond acceptors (Lipinski definition) is 7. The van der Waals surface area contributed by atoms with Crippen LogP contribution in [0, 0.1) is 11.7 Å². The maximum Gasteiger partial charge on any atom is 0.168 e. The van der Waals surface area contributed by atoms with Crippen molar-refractivity contribution in [1.29, 1.82) is 0 Å². The largest absolute Gasteiger partial charge is 0.493 e. The van der Waals surface area contributed by atoms with E-state index >= 15 is 0 Å². The number of benzene rings is 2. The van der Waals surface area contributed by atoms with Crippen LogP contribution in [0.4, 0.5) is 10.1 Å². The summed E-state index contributed by atoms with van der Waals surface area (Å²) in [5, 5.41) is 12.7. The van der Waals surface area contributed by atoms with Gasteiger partial charge in [-0.25, -0.2) is 9.07 Å². The van der Waals surface area contributed by atoms with Crippen molar-refractivity contribution in [3.8, 4) is 11.5 Å². The number of ether oxygens (including phenoxy) is 2. The summed E-state index contributed by atoms with van der Waals surface area (Å²) in [6.45, 7) is 8.64. The second-order valence-corrected chi connectivity index (χ2v) is 8.89. The first-order chi connectivity index (χ1) is 16.5. The summed E-state index contributed by atoms with van der Waals surface area (Å²) in [6, 6.07) is 12.8. The Kier molecular flexibility index (Phi) is 7.62. The van der Waals surface area contributed by atoms with E-state index in [9.17, 15) is 4.39 Å². The normalized spacial score (nSPS) is 15.5. The molecule has 0 aliphatic carbocycles. The Morgan fingerprint density at radius 2 is 1.65 bits per heavy atom. The molecule has 2 aromatic carbocycles. The van der Waals surface area contributed by atoms with Crippen LogP contribution >= 0.6 is 0 Å². The van der Waals surface area contributed by atoms with Gasteiger partial charge in [-0.05, 0) is 64.7 Å². The molecule has 8 nitrogen and oxygen atoms in total. The number of anilines is 1. The summed E-state index contributed by atoms with van der Waals surface area (Å²) in [7, 11) is 3.28. The summed E-state index contributed by atoms with van der Waals surface area (Å²) in [5.74, 6) is 2.47. The summed E-state index contributed by atoms with van der Waals surface area (Å²) >= 11 is 0. The fraction of sp³-hybridized carbons (Fsp3) is 0.480. The van der Waals surface area contributed by atoms with Crippen molar-refractivity contribution in [2.24, 2.45) is 5.92 Å². The molecule has 2 heterocycles. The van der Waals surface area contributed by atoms with Gasteiger partial charge in [-0.1, -0.05) is 19.9 Å². The lowest BCUT2D eigenvalue weighted by molar-refractivity contribution is 0.134. The SMILES string of the molecule is COc1ccc(CCn2nnnc2[C@H](C(C)C)N2CCN(c3ccc(F)cc3)CC2)cc1OC. The van der Waals surface area contributed by atoms with Gasteiger partial charge in [-0.15, -0.1) is 5.10 Å². The Balaban J connectivity index is 1.44. The van der Waals surface area contributed by atoms with E-state index in [1.54, 1.807) is 14.2 Å². The summed E-state index contributed by atoms with van der Waals surface area (Å²) in [6.07, 6.45) is 0.779. The van der Waals surface area contributed by atoms with Crippen LogP contribution in [0.2, 0.25) is 0 Å². The molecule has 1 aliphatic rings. The van der Waals surface area contributed by atoms with Gasteiger partial charge in [0.1, 0.15) is 5.82 Å². The number of nitrogens with zero attached hydrogens (tertiary/aromatic N) is 6. The highest BCUT2D eigenvalue weighted by Crippen LogP contribution is 2.30. The van der Waals surface area contributed by atoms with Gasteiger partial charge in [-0.3, -0.25) is 4.90 Å². The quantitative estimate of drug-likeness (QED) is 0.475. The number of aryl methyl sites for hydroxylation is 2. The summed E-state index contributed by atoms with van der Waals surface area (Å²) in [5.41, 5.74) is 2.19. The van der Waals surface area contributed by atoms with Gasteiger partial charge >= 0.3 is 0 Å². The number of tetrazole rings is 1. The Hall–Kier alpha value is -3.20. The van der Waals surface area contributed by atoms with Gasteiger partial charge in [0.05, 0.1) is 20.3 Å². The van der Waals surface area contributed by atoms with E-state index in [0.29, 0.717) is 18.2 Å². The Bertz CT molecular complexity index is 1060. The summed E-state index contributed by atoms with van der Waals surface area (Å²) in [4.78, 5) is 4.76. The minimum Gasteiger partial charge on any atom is -0.493 e. The minimum absolute atomic E-state index is 0.121. The highest BCUT2D eigenvalue weighted by molar-refractivity contribution is 5.46. The number of halogens is 1. The average Bonchev–Trinajstić information content (AvgIpc) is 3.31. The van der Waals surface area contributed by atoms with E-state index in [0.717, 1.165) is 55.4 Å².